The lowest BCUT2D eigenvalue weighted by molar-refractivity contribution is -0.155. The molecule has 0 fully saturated rings. The average molecular weight is 323 g/mol. The molecule has 1 amide bonds. The Morgan fingerprint density at radius 2 is 2.05 bits per heavy atom. The van der Waals surface area contributed by atoms with Crippen molar-refractivity contribution in [3.05, 3.63) is 46.1 Å². The maximum Gasteiger partial charge on any atom is 0.453 e. The predicted molar refractivity (Wildman–Crippen MR) is 65.6 cm³/mol. The second-order valence-corrected chi connectivity index (χ2v) is 4.46. The Balaban J connectivity index is 2.33. The van der Waals surface area contributed by atoms with E-state index in [-0.39, 0.29) is 16.4 Å². The number of aromatic nitrogens is 1. The number of alkyl halides is 3. The zero-order chi connectivity index (χ0) is 15.8. The van der Waals surface area contributed by atoms with E-state index in [9.17, 15) is 22.4 Å². The van der Waals surface area contributed by atoms with Crippen LogP contribution >= 0.6 is 11.6 Å². The fraction of sp³-hybridized carbons (Fsp3) is 0.167. The van der Waals surface area contributed by atoms with Gasteiger partial charge in [0.2, 0.25) is 0 Å². The molecule has 0 saturated carbocycles. The molecule has 0 aliphatic heterocycles. The number of anilines is 1. The van der Waals surface area contributed by atoms with Crippen LogP contribution in [-0.2, 0) is 6.18 Å². The minimum absolute atomic E-state index is 0.0418. The molecule has 4 nitrogen and oxygen atoms in total. The molecular formula is C12H7ClF4N2O2. The number of amides is 1. The van der Waals surface area contributed by atoms with Crippen molar-refractivity contribution >= 4 is 23.2 Å². The van der Waals surface area contributed by atoms with Crippen molar-refractivity contribution in [1.29, 1.82) is 0 Å². The van der Waals surface area contributed by atoms with Gasteiger partial charge in [-0.3, -0.25) is 4.79 Å². The number of nitrogens with zero attached hydrogens (tertiary/aromatic N) is 1. The lowest BCUT2D eigenvalue weighted by Gasteiger charge is -2.07. The lowest BCUT2D eigenvalue weighted by Crippen LogP contribution is -2.18. The molecule has 2 rings (SSSR count). The van der Waals surface area contributed by atoms with Gasteiger partial charge in [0.25, 0.3) is 11.7 Å². The fourth-order valence-electron chi connectivity index (χ4n) is 1.60. The number of benzene rings is 1. The molecule has 0 aliphatic carbocycles. The van der Waals surface area contributed by atoms with E-state index in [2.05, 4.69) is 15.0 Å². The fourth-order valence-corrected chi connectivity index (χ4v) is 1.78. The summed E-state index contributed by atoms with van der Waals surface area (Å²) in [6.45, 7) is 1.20. The van der Waals surface area contributed by atoms with Crippen molar-refractivity contribution in [1.82, 2.24) is 5.16 Å². The summed E-state index contributed by atoms with van der Waals surface area (Å²) >= 11 is 5.52. The van der Waals surface area contributed by atoms with Gasteiger partial charge in [0, 0.05) is 5.69 Å². The molecule has 1 aromatic heterocycles. The van der Waals surface area contributed by atoms with Crippen LogP contribution in [0.25, 0.3) is 0 Å². The standard InChI is InChI=1S/C12H7ClF4N2O2/c1-5-9(10(21-19-5)12(15,16)17)11(20)18-6-2-3-8(14)7(13)4-6/h2-4H,1H3,(H,18,20). The second kappa shape index (κ2) is 5.36. The van der Waals surface area contributed by atoms with Gasteiger partial charge in [0.05, 0.1) is 10.7 Å². The Bertz CT molecular complexity index is 697. The Morgan fingerprint density at radius 1 is 1.38 bits per heavy atom. The third-order valence-electron chi connectivity index (χ3n) is 2.52. The van der Waals surface area contributed by atoms with Crippen LogP contribution in [0.3, 0.4) is 0 Å². The molecule has 1 heterocycles. The van der Waals surface area contributed by atoms with Gasteiger partial charge in [-0.15, -0.1) is 0 Å². The number of rotatable bonds is 2. The van der Waals surface area contributed by atoms with Crippen molar-refractivity contribution in [3.8, 4) is 0 Å². The zero-order valence-electron chi connectivity index (χ0n) is 10.4. The topological polar surface area (TPSA) is 55.1 Å². The Morgan fingerprint density at radius 3 is 2.62 bits per heavy atom. The van der Waals surface area contributed by atoms with Crippen LogP contribution in [0.1, 0.15) is 21.8 Å². The summed E-state index contributed by atoms with van der Waals surface area (Å²) in [6, 6.07) is 3.21. The Hall–Kier alpha value is -2.09. The van der Waals surface area contributed by atoms with Gasteiger partial charge in [-0.2, -0.15) is 13.2 Å². The van der Waals surface area contributed by atoms with E-state index in [0.29, 0.717) is 0 Å². The highest BCUT2D eigenvalue weighted by molar-refractivity contribution is 6.31. The number of carbonyl (C=O) groups is 1. The number of nitrogens with one attached hydrogen (secondary N) is 1. The van der Waals surface area contributed by atoms with Crippen molar-refractivity contribution < 1.29 is 26.9 Å². The monoisotopic (exact) mass is 322 g/mol. The largest absolute Gasteiger partial charge is 0.453 e. The van der Waals surface area contributed by atoms with E-state index in [1.165, 1.54) is 6.92 Å². The van der Waals surface area contributed by atoms with Gasteiger partial charge in [0.15, 0.2) is 0 Å². The SMILES string of the molecule is Cc1noc(C(F)(F)F)c1C(=O)Nc1ccc(F)c(Cl)c1. The van der Waals surface area contributed by atoms with Gasteiger partial charge < -0.3 is 9.84 Å². The average Bonchev–Trinajstić information content (AvgIpc) is 2.76. The van der Waals surface area contributed by atoms with Crippen LogP contribution in [0, 0.1) is 12.7 Å². The Labute approximate surface area is 120 Å². The number of aryl methyl sites for hydroxylation is 1. The molecule has 0 atom stereocenters. The van der Waals surface area contributed by atoms with E-state index >= 15 is 0 Å². The van der Waals surface area contributed by atoms with Crippen LogP contribution in [0.15, 0.2) is 22.7 Å². The summed E-state index contributed by atoms with van der Waals surface area (Å²) in [4.78, 5) is 11.9. The summed E-state index contributed by atoms with van der Waals surface area (Å²) in [6.07, 6.45) is -4.85. The van der Waals surface area contributed by atoms with E-state index in [1.54, 1.807) is 0 Å². The number of hydrogen-bond donors (Lipinski definition) is 1. The quantitative estimate of drug-likeness (QED) is 0.849. The van der Waals surface area contributed by atoms with Crippen molar-refractivity contribution in [2.75, 3.05) is 5.32 Å². The minimum Gasteiger partial charge on any atom is -0.351 e. The molecule has 21 heavy (non-hydrogen) atoms. The molecule has 112 valence electrons. The van der Waals surface area contributed by atoms with Gasteiger partial charge in [-0.25, -0.2) is 4.39 Å². The van der Waals surface area contributed by atoms with Crippen molar-refractivity contribution in [3.63, 3.8) is 0 Å². The van der Waals surface area contributed by atoms with Crippen LogP contribution in [0.5, 0.6) is 0 Å². The molecule has 0 unspecified atom stereocenters. The third kappa shape index (κ3) is 3.15. The van der Waals surface area contributed by atoms with Crippen LogP contribution in [0.4, 0.5) is 23.2 Å². The van der Waals surface area contributed by atoms with Crippen molar-refractivity contribution in [2.24, 2.45) is 0 Å². The first kappa shape index (κ1) is 15.3. The first-order chi connectivity index (χ1) is 9.70. The highest BCUT2D eigenvalue weighted by atomic mass is 35.5. The van der Waals surface area contributed by atoms with E-state index < -0.39 is 29.2 Å². The zero-order valence-corrected chi connectivity index (χ0v) is 11.1. The molecule has 0 radical (unpaired) electrons. The van der Waals surface area contributed by atoms with Crippen LogP contribution in [-0.4, -0.2) is 11.1 Å². The number of halogens is 5. The maximum atomic E-state index is 13.0. The van der Waals surface area contributed by atoms with Gasteiger partial charge in [-0.05, 0) is 25.1 Å². The molecule has 0 bridgehead atoms. The molecule has 0 spiro atoms. The maximum absolute atomic E-state index is 13.0. The molecule has 1 aromatic carbocycles. The second-order valence-electron chi connectivity index (χ2n) is 4.05. The van der Waals surface area contributed by atoms with Gasteiger partial charge in [-0.1, -0.05) is 16.8 Å². The van der Waals surface area contributed by atoms with Crippen LogP contribution < -0.4 is 5.32 Å². The highest BCUT2D eigenvalue weighted by Gasteiger charge is 2.42. The molecule has 0 saturated heterocycles. The number of hydrogen-bond acceptors (Lipinski definition) is 3. The normalized spacial score (nSPS) is 11.5. The predicted octanol–water partition coefficient (Wildman–Crippen LogP) is 4.05. The number of carbonyl (C=O) groups excluding carboxylic acids is 1. The lowest BCUT2D eigenvalue weighted by atomic mass is 10.1. The first-order valence-corrected chi connectivity index (χ1v) is 5.88. The van der Waals surface area contributed by atoms with Gasteiger partial charge >= 0.3 is 6.18 Å². The Kier molecular flexibility index (Phi) is 3.91. The van der Waals surface area contributed by atoms with Crippen LogP contribution in [0.2, 0.25) is 5.02 Å². The molecule has 0 aliphatic rings. The summed E-state index contributed by atoms with van der Waals surface area (Å²) < 4.78 is 55.2. The first-order valence-electron chi connectivity index (χ1n) is 5.50. The van der Waals surface area contributed by atoms with E-state index in [4.69, 9.17) is 11.6 Å². The molecule has 1 N–H and O–H groups in total. The minimum atomic E-state index is -4.85. The van der Waals surface area contributed by atoms with Crippen molar-refractivity contribution in [2.45, 2.75) is 13.1 Å². The highest BCUT2D eigenvalue weighted by Crippen LogP contribution is 2.33. The molecule has 9 heteroatoms. The van der Waals surface area contributed by atoms with E-state index in [1.807, 2.05) is 0 Å². The molecular weight excluding hydrogens is 316 g/mol. The van der Waals surface area contributed by atoms with E-state index in [0.717, 1.165) is 18.2 Å². The smallest absolute Gasteiger partial charge is 0.351 e. The summed E-state index contributed by atoms with van der Waals surface area (Å²) in [5, 5.41) is 5.04. The summed E-state index contributed by atoms with van der Waals surface area (Å²) in [5.41, 5.74) is -0.906. The van der Waals surface area contributed by atoms with Gasteiger partial charge in [0.1, 0.15) is 11.4 Å². The summed E-state index contributed by atoms with van der Waals surface area (Å²) in [5.74, 6) is -3.29. The summed E-state index contributed by atoms with van der Waals surface area (Å²) in [7, 11) is 0. The third-order valence-corrected chi connectivity index (χ3v) is 2.81. The molecule has 2 aromatic rings.